The number of carbonyl (C=O) groups is 2. The summed E-state index contributed by atoms with van der Waals surface area (Å²) in [6, 6.07) is 14.5. The average molecular weight is 391 g/mol. The number of ketones is 1. The fourth-order valence-electron chi connectivity index (χ4n) is 3.45. The van der Waals surface area contributed by atoms with Crippen LogP contribution in [0.4, 0.5) is 0 Å². The molecule has 0 radical (unpaired) electrons. The van der Waals surface area contributed by atoms with Crippen LogP contribution in [-0.4, -0.2) is 29.7 Å². The summed E-state index contributed by atoms with van der Waals surface area (Å²) in [5.41, 5.74) is 4.55. The molecular weight excluding hydrogens is 370 g/mol. The van der Waals surface area contributed by atoms with E-state index in [4.69, 9.17) is 14.2 Å². The number of benzene rings is 2. The Bertz CT molecular complexity index is 1100. The minimum Gasteiger partial charge on any atom is -0.454 e. The maximum atomic E-state index is 12.7. The third-order valence-electron chi connectivity index (χ3n) is 4.97. The highest BCUT2D eigenvalue weighted by Crippen LogP contribution is 2.34. The molecule has 0 fully saturated rings. The van der Waals surface area contributed by atoms with E-state index < -0.39 is 5.97 Å². The third-order valence-corrected chi connectivity index (χ3v) is 4.97. The van der Waals surface area contributed by atoms with Crippen molar-refractivity contribution in [1.29, 1.82) is 0 Å². The summed E-state index contributed by atoms with van der Waals surface area (Å²) >= 11 is 0. The number of fused-ring (bicyclic) bond motifs is 1. The van der Waals surface area contributed by atoms with E-state index in [9.17, 15) is 9.59 Å². The van der Waals surface area contributed by atoms with Gasteiger partial charge in [-0.25, -0.2) is 4.79 Å². The normalized spacial score (nSPS) is 12.1. The third kappa shape index (κ3) is 3.61. The molecule has 0 atom stereocenters. The van der Waals surface area contributed by atoms with Crippen molar-refractivity contribution in [2.45, 2.75) is 20.8 Å². The molecule has 0 spiro atoms. The molecule has 29 heavy (non-hydrogen) atoms. The molecule has 4 rings (SSSR count). The number of aromatic nitrogens is 1. The van der Waals surface area contributed by atoms with Gasteiger partial charge >= 0.3 is 5.97 Å². The van der Waals surface area contributed by atoms with Gasteiger partial charge in [0, 0.05) is 28.7 Å². The summed E-state index contributed by atoms with van der Waals surface area (Å²) in [5, 5.41) is 0. The molecule has 0 unspecified atom stereocenters. The Hall–Kier alpha value is -3.54. The zero-order chi connectivity index (χ0) is 20.5. The van der Waals surface area contributed by atoms with Crippen LogP contribution in [0.5, 0.6) is 11.5 Å². The second-order valence-electron chi connectivity index (χ2n) is 7.02. The van der Waals surface area contributed by atoms with Crippen molar-refractivity contribution in [2.75, 3.05) is 13.4 Å². The number of rotatable bonds is 5. The molecule has 6 heteroatoms. The molecule has 0 N–H and O–H groups in total. The van der Waals surface area contributed by atoms with Crippen molar-refractivity contribution in [3.63, 3.8) is 0 Å². The summed E-state index contributed by atoms with van der Waals surface area (Å²) < 4.78 is 18.0. The topological polar surface area (TPSA) is 66.8 Å². The van der Waals surface area contributed by atoms with Gasteiger partial charge < -0.3 is 18.8 Å². The lowest BCUT2D eigenvalue weighted by Crippen LogP contribution is -2.15. The first kappa shape index (κ1) is 18.8. The van der Waals surface area contributed by atoms with Crippen molar-refractivity contribution in [3.8, 4) is 17.2 Å². The number of Topliss-reactive ketones (excluding diaryl/α,β-unsaturated/α-hetero) is 1. The second kappa shape index (κ2) is 7.47. The van der Waals surface area contributed by atoms with E-state index in [1.165, 1.54) is 0 Å². The van der Waals surface area contributed by atoms with Gasteiger partial charge in [0.05, 0.1) is 5.56 Å². The van der Waals surface area contributed by atoms with E-state index in [0.29, 0.717) is 22.6 Å². The average Bonchev–Trinajstić information content (AvgIpc) is 3.29. The highest BCUT2D eigenvalue weighted by Gasteiger charge is 2.20. The van der Waals surface area contributed by atoms with Crippen LogP contribution in [0.1, 0.15) is 37.7 Å². The molecule has 0 bridgehead atoms. The van der Waals surface area contributed by atoms with Gasteiger partial charge in [-0.3, -0.25) is 4.79 Å². The zero-order valence-corrected chi connectivity index (χ0v) is 16.5. The first-order chi connectivity index (χ1) is 13.9. The van der Waals surface area contributed by atoms with Gasteiger partial charge in [-0.2, -0.15) is 0 Å². The largest absolute Gasteiger partial charge is 0.454 e. The summed E-state index contributed by atoms with van der Waals surface area (Å²) in [4.78, 5) is 24.9. The Morgan fingerprint density at radius 2 is 1.69 bits per heavy atom. The van der Waals surface area contributed by atoms with Gasteiger partial charge in [-0.15, -0.1) is 0 Å². The first-order valence-corrected chi connectivity index (χ1v) is 9.30. The molecular formula is C23H21NO5. The van der Waals surface area contributed by atoms with Crippen LogP contribution in [0.2, 0.25) is 0 Å². The van der Waals surface area contributed by atoms with E-state index in [1.807, 2.05) is 61.7 Å². The predicted octanol–water partition coefficient (Wildman–Crippen LogP) is 4.17. The van der Waals surface area contributed by atoms with Crippen LogP contribution >= 0.6 is 0 Å². The van der Waals surface area contributed by atoms with Crippen molar-refractivity contribution >= 4 is 11.8 Å². The van der Waals surface area contributed by atoms with E-state index >= 15 is 0 Å². The Kier molecular flexibility index (Phi) is 4.84. The highest BCUT2D eigenvalue weighted by atomic mass is 16.7. The molecule has 0 saturated heterocycles. The van der Waals surface area contributed by atoms with Crippen molar-refractivity contribution in [1.82, 2.24) is 4.57 Å². The minimum absolute atomic E-state index is 0.207. The summed E-state index contributed by atoms with van der Waals surface area (Å²) in [6.07, 6.45) is 0. The van der Waals surface area contributed by atoms with E-state index in [-0.39, 0.29) is 19.2 Å². The van der Waals surface area contributed by atoms with E-state index in [0.717, 1.165) is 22.6 Å². The second-order valence-corrected chi connectivity index (χ2v) is 7.02. The molecule has 1 aromatic heterocycles. The van der Waals surface area contributed by atoms with Crippen LogP contribution < -0.4 is 9.47 Å². The number of aryl methyl sites for hydroxylation is 2. The molecule has 2 aromatic carbocycles. The van der Waals surface area contributed by atoms with E-state index in [2.05, 4.69) is 0 Å². The molecule has 0 amide bonds. The molecule has 148 valence electrons. The van der Waals surface area contributed by atoms with Crippen LogP contribution in [0.15, 0.2) is 48.5 Å². The number of esters is 1. The van der Waals surface area contributed by atoms with Crippen molar-refractivity contribution in [2.24, 2.45) is 0 Å². The maximum absolute atomic E-state index is 12.7. The fourth-order valence-corrected chi connectivity index (χ4v) is 3.45. The number of ether oxygens (including phenoxy) is 3. The molecule has 0 saturated carbocycles. The van der Waals surface area contributed by atoms with Gasteiger partial charge in [0.1, 0.15) is 0 Å². The number of carbonyl (C=O) groups excluding carboxylic acids is 2. The molecule has 1 aliphatic rings. The Balaban J connectivity index is 1.52. The lowest BCUT2D eigenvalue weighted by Gasteiger charge is -2.11. The van der Waals surface area contributed by atoms with Crippen LogP contribution in [0, 0.1) is 20.8 Å². The molecule has 6 nitrogen and oxygen atoms in total. The molecule has 2 heterocycles. The van der Waals surface area contributed by atoms with Crippen LogP contribution in [-0.2, 0) is 4.74 Å². The van der Waals surface area contributed by atoms with Crippen molar-refractivity contribution in [3.05, 3.63) is 76.6 Å². The Morgan fingerprint density at radius 3 is 2.45 bits per heavy atom. The standard InChI is InChI=1S/C23H21NO5/c1-14-4-6-17(7-5-14)23(26)27-12-20(25)19-10-15(2)24(16(19)3)18-8-9-21-22(11-18)29-13-28-21/h4-11H,12-13H2,1-3H3. The highest BCUT2D eigenvalue weighted by molar-refractivity contribution is 6.00. The van der Waals surface area contributed by atoms with Gasteiger partial charge in [-0.05, 0) is 51.1 Å². The SMILES string of the molecule is Cc1ccc(C(=O)OCC(=O)c2cc(C)n(-c3ccc4c(c3)OCO4)c2C)cc1. The first-order valence-electron chi connectivity index (χ1n) is 9.30. The van der Waals surface area contributed by atoms with Crippen molar-refractivity contribution < 1.29 is 23.8 Å². The predicted molar refractivity (Wildman–Crippen MR) is 107 cm³/mol. The number of hydrogen-bond acceptors (Lipinski definition) is 5. The smallest absolute Gasteiger partial charge is 0.338 e. The lowest BCUT2D eigenvalue weighted by atomic mass is 10.1. The molecule has 1 aliphatic heterocycles. The van der Waals surface area contributed by atoms with Gasteiger partial charge in [0.15, 0.2) is 18.1 Å². The summed E-state index contributed by atoms with van der Waals surface area (Å²) in [5.74, 6) is 0.624. The Labute approximate surface area is 168 Å². The van der Waals surface area contributed by atoms with Gasteiger partial charge in [0.25, 0.3) is 0 Å². The van der Waals surface area contributed by atoms with Crippen LogP contribution in [0.25, 0.3) is 5.69 Å². The van der Waals surface area contributed by atoms with Gasteiger partial charge in [-0.1, -0.05) is 17.7 Å². The van der Waals surface area contributed by atoms with Gasteiger partial charge in [0.2, 0.25) is 12.6 Å². The lowest BCUT2D eigenvalue weighted by molar-refractivity contribution is 0.0474. The quantitative estimate of drug-likeness (QED) is 0.482. The Morgan fingerprint density at radius 1 is 0.966 bits per heavy atom. The van der Waals surface area contributed by atoms with Crippen LogP contribution in [0.3, 0.4) is 0 Å². The number of hydrogen-bond donors (Lipinski definition) is 0. The number of nitrogens with zero attached hydrogens (tertiary/aromatic N) is 1. The molecule has 0 aliphatic carbocycles. The monoisotopic (exact) mass is 391 g/mol. The molecule has 3 aromatic rings. The zero-order valence-electron chi connectivity index (χ0n) is 16.5. The summed E-state index contributed by atoms with van der Waals surface area (Å²) in [7, 11) is 0. The fraction of sp³-hybridized carbons (Fsp3) is 0.217. The maximum Gasteiger partial charge on any atom is 0.338 e. The minimum atomic E-state index is -0.511. The van der Waals surface area contributed by atoms with E-state index in [1.54, 1.807) is 12.1 Å². The summed E-state index contributed by atoms with van der Waals surface area (Å²) in [6.45, 7) is 5.63.